The molecule has 0 saturated heterocycles. The van der Waals surface area contributed by atoms with Gasteiger partial charge >= 0.3 is 0 Å². The Balaban J connectivity index is 0.00000480. The van der Waals surface area contributed by atoms with Crippen LogP contribution in [0.1, 0.15) is 42.5 Å². The molecule has 0 bridgehead atoms. The van der Waals surface area contributed by atoms with E-state index in [2.05, 4.69) is 182 Å². The Labute approximate surface area is 347 Å². The Morgan fingerprint density at radius 3 is 1.96 bits per heavy atom. The molecule has 1 aliphatic heterocycles. The van der Waals surface area contributed by atoms with Gasteiger partial charge in [-0.15, -0.1) is 11.3 Å². The topological polar surface area (TPSA) is 29.1 Å². The lowest BCUT2D eigenvalue weighted by atomic mass is 10.1. The molecule has 8 rings (SSSR count). The SMILES string of the molecule is CCN1/C(=C/C(c2ccccc2)=c2/s/c(=C\c3sc(-c4ccccc4)c(-c4ccccc4)[n+]3CC)n(CC)c2=O)Sc2cc(/C=C/c3ccccc3)ccc21.[Cl-]. The first-order chi connectivity index (χ1) is 27.1. The van der Waals surface area contributed by atoms with E-state index >= 15 is 0 Å². The van der Waals surface area contributed by atoms with Crippen LogP contribution in [0.3, 0.4) is 0 Å². The molecule has 0 unspecified atom stereocenters. The summed E-state index contributed by atoms with van der Waals surface area (Å²) in [5, 5.41) is 2.23. The number of hydrogen-bond donors (Lipinski definition) is 0. The minimum atomic E-state index is 0. The van der Waals surface area contributed by atoms with Crippen molar-refractivity contribution < 1.29 is 17.0 Å². The summed E-state index contributed by atoms with van der Waals surface area (Å²) in [6, 6.07) is 48.7. The minimum Gasteiger partial charge on any atom is -1.00 e. The van der Waals surface area contributed by atoms with E-state index in [-0.39, 0.29) is 18.0 Å². The maximum absolute atomic E-state index is 14.5. The molecule has 3 heterocycles. The van der Waals surface area contributed by atoms with Gasteiger partial charge in [-0.1, -0.05) is 151 Å². The maximum Gasteiger partial charge on any atom is 0.269 e. The van der Waals surface area contributed by atoms with Crippen LogP contribution in [0.4, 0.5) is 5.69 Å². The zero-order valence-corrected chi connectivity index (χ0v) is 34.8. The number of nitrogens with zero attached hydrogens (tertiary/aromatic N) is 3. The molecule has 0 amide bonds. The first-order valence-corrected chi connectivity index (χ1v) is 21.2. The molecule has 2 aromatic heterocycles. The number of hydrogen-bond acceptors (Lipinski definition) is 5. The molecule has 5 aromatic carbocycles. The summed E-state index contributed by atoms with van der Waals surface area (Å²) in [6.07, 6.45) is 8.79. The second-order valence-electron chi connectivity index (χ2n) is 13.1. The van der Waals surface area contributed by atoms with Crippen molar-refractivity contribution in [3.8, 4) is 21.7 Å². The molecule has 56 heavy (non-hydrogen) atoms. The summed E-state index contributed by atoms with van der Waals surface area (Å²) in [6.45, 7) is 8.65. The molecule has 0 radical (unpaired) electrons. The number of benzene rings is 5. The highest BCUT2D eigenvalue weighted by molar-refractivity contribution is 8.03. The van der Waals surface area contributed by atoms with Crippen molar-refractivity contribution in [3.05, 3.63) is 192 Å². The molecule has 7 aromatic rings. The van der Waals surface area contributed by atoms with Gasteiger partial charge in [0.15, 0.2) is 0 Å². The van der Waals surface area contributed by atoms with Gasteiger partial charge in [0, 0.05) is 29.1 Å². The fraction of sp³-hybridized carbons (Fsp3) is 0.125. The Bertz CT molecular complexity index is 2700. The van der Waals surface area contributed by atoms with Gasteiger partial charge < -0.3 is 17.3 Å². The van der Waals surface area contributed by atoms with Gasteiger partial charge in [-0.2, -0.15) is 4.57 Å². The number of aromatic nitrogens is 2. The van der Waals surface area contributed by atoms with E-state index in [1.165, 1.54) is 37.8 Å². The lowest BCUT2D eigenvalue weighted by molar-refractivity contribution is -0.679. The van der Waals surface area contributed by atoms with Crippen LogP contribution >= 0.6 is 34.4 Å². The molecule has 8 heteroatoms. The highest BCUT2D eigenvalue weighted by Crippen LogP contribution is 2.47. The van der Waals surface area contributed by atoms with Gasteiger partial charge in [-0.25, -0.2) is 0 Å². The second kappa shape index (κ2) is 17.7. The molecule has 0 spiro atoms. The van der Waals surface area contributed by atoms with Gasteiger partial charge in [0.2, 0.25) is 5.69 Å². The summed E-state index contributed by atoms with van der Waals surface area (Å²) in [7, 11) is 0. The predicted molar refractivity (Wildman–Crippen MR) is 236 cm³/mol. The minimum absolute atomic E-state index is 0. The monoisotopic (exact) mass is 807 g/mol. The summed E-state index contributed by atoms with van der Waals surface area (Å²) in [5.74, 6) is 0. The normalized spacial score (nSPS) is 14.0. The van der Waals surface area contributed by atoms with Crippen molar-refractivity contribution in [1.82, 2.24) is 4.57 Å². The van der Waals surface area contributed by atoms with Crippen molar-refractivity contribution >= 4 is 63.9 Å². The average molecular weight is 809 g/mol. The number of allylic oxidation sites excluding steroid dienone is 1. The van der Waals surface area contributed by atoms with Crippen LogP contribution in [-0.4, -0.2) is 11.1 Å². The zero-order chi connectivity index (χ0) is 37.7. The Kier molecular flexibility index (Phi) is 12.4. The van der Waals surface area contributed by atoms with E-state index in [9.17, 15) is 4.79 Å². The molecule has 0 atom stereocenters. The fourth-order valence-electron chi connectivity index (χ4n) is 7.08. The van der Waals surface area contributed by atoms with Crippen molar-refractivity contribution in [2.24, 2.45) is 0 Å². The predicted octanol–water partition coefficient (Wildman–Crippen LogP) is 7.31. The van der Waals surface area contributed by atoms with Crippen LogP contribution in [0.25, 0.3) is 45.5 Å². The molecule has 4 nitrogen and oxygen atoms in total. The number of thiazole rings is 2. The second-order valence-corrected chi connectivity index (χ2v) is 16.3. The highest BCUT2D eigenvalue weighted by Gasteiger charge is 2.28. The number of thioether (sulfide) groups is 1. The van der Waals surface area contributed by atoms with E-state index in [4.69, 9.17) is 0 Å². The third kappa shape index (κ3) is 7.91. The average Bonchev–Trinajstić information content (AvgIpc) is 3.89. The molecule has 0 saturated carbocycles. The van der Waals surface area contributed by atoms with E-state index in [1.807, 2.05) is 16.7 Å². The molecule has 280 valence electrons. The lowest BCUT2D eigenvalue weighted by Crippen LogP contribution is -3.00. The van der Waals surface area contributed by atoms with E-state index in [0.717, 1.165) is 49.0 Å². The molecule has 0 aliphatic carbocycles. The fourth-order valence-corrected chi connectivity index (χ4v) is 10.8. The van der Waals surface area contributed by atoms with E-state index in [0.29, 0.717) is 6.54 Å². The van der Waals surface area contributed by atoms with Crippen molar-refractivity contribution in [2.75, 3.05) is 11.4 Å². The highest BCUT2D eigenvalue weighted by atomic mass is 35.5. The third-order valence-corrected chi connectivity index (χ3v) is 13.2. The van der Waals surface area contributed by atoms with Crippen LogP contribution in [0.2, 0.25) is 0 Å². The molecule has 0 N–H and O–H groups in total. The van der Waals surface area contributed by atoms with Crippen molar-refractivity contribution in [3.63, 3.8) is 0 Å². The zero-order valence-electron chi connectivity index (χ0n) is 31.6. The summed E-state index contributed by atoms with van der Waals surface area (Å²) in [4.78, 5) is 19.3. The van der Waals surface area contributed by atoms with E-state index in [1.54, 1.807) is 34.4 Å². The number of halogens is 1. The summed E-state index contributed by atoms with van der Waals surface area (Å²) < 4.78 is 6.02. The first-order valence-electron chi connectivity index (χ1n) is 18.8. The van der Waals surface area contributed by atoms with Gasteiger partial charge in [0.25, 0.3) is 10.6 Å². The number of anilines is 1. The number of fused-ring (bicyclic) bond motifs is 1. The van der Waals surface area contributed by atoms with Gasteiger partial charge in [0.05, 0.1) is 16.8 Å². The Hall–Kier alpha value is -5.18. The molecule has 1 aliphatic rings. The maximum atomic E-state index is 14.5. The van der Waals surface area contributed by atoms with Crippen LogP contribution in [-0.2, 0) is 13.1 Å². The van der Waals surface area contributed by atoms with Crippen molar-refractivity contribution in [1.29, 1.82) is 0 Å². The molecule has 0 fully saturated rings. The number of rotatable bonds is 10. The van der Waals surface area contributed by atoms with E-state index < -0.39 is 0 Å². The largest absolute Gasteiger partial charge is 1.00 e. The molecular weight excluding hydrogens is 766 g/mol. The lowest BCUT2D eigenvalue weighted by Gasteiger charge is -2.18. The van der Waals surface area contributed by atoms with Crippen LogP contribution in [0.15, 0.2) is 160 Å². The van der Waals surface area contributed by atoms with Gasteiger partial charge in [-0.05, 0) is 73.4 Å². The Morgan fingerprint density at radius 1 is 0.696 bits per heavy atom. The Morgan fingerprint density at radius 2 is 1.32 bits per heavy atom. The summed E-state index contributed by atoms with van der Waals surface area (Å²) >= 11 is 5.14. The standard InChI is InChI=1S/C48H42N3OS3.ClH/c1-4-49-40-30-29-35(28-27-34-19-11-7-12-20-34)31-41(40)53-42(49)32-39(36-21-13-8-14-22-36)47-48(52)51(6-3)44(55-47)33-43-50(5-2)45(37-23-15-9-16-24-37)46(54-43)38-25-17-10-18-26-38;/h7-33H,4-6H2,1-3H3;1H/q+1;/p-1/b28-27+,42-32-,47-39-;. The van der Waals surface area contributed by atoms with Crippen LogP contribution < -0.4 is 36.6 Å². The van der Waals surface area contributed by atoms with Gasteiger partial charge in [0.1, 0.15) is 20.6 Å². The van der Waals surface area contributed by atoms with Gasteiger partial charge in [-0.3, -0.25) is 9.36 Å². The first kappa shape index (κ1) is 39.1. The third-order valence-electron chi connectivity index (χ3n) is 9.77. The smallest absolute Gasteiger partial charge is 0.269 e. The molecular formula is C48H42ClN3OS3. The van der Waals surface area contributed by atoms with Crippen molar-refractivity contribution in [2.45, 2.75) is 38.8 Å². The summed E-state index contributed by atoms with van der Waals surface area (Å²) in [5.41, 5.74) is 9.11. The van der Waals surface area contributed by atoms with Crippen LogP contribution in [0, 0.1) is 0 Å². The van der Waals surface area contributed by atoms with Crippen LogP contribution in [0.5, 0.6) is 0 Å². The quantitative estimate of drug-likeness (QED) is 0.107.